The molecular weight excluding hydrogens is 458 g/mol. The van der Waals surface area contributed by atoms with E-state index in [9.17, 15) is 32.6 Å². The number of hydrogen-bond acceptors (Lipinski definition) is 6. The van der Waals surface area contributed by atoms with Crippen molar-refractivity contribution < 1.29 is 37.1 Å². The SMILES string of the molecule is CC(C)N(CCO)Cc1c(C(=O)N[C@H]2CCC[C@@H](O)C2)noc1-c1ccc(C(F)(F)F)c(F)c1. The van der Waals surface area contributed by atoms with Gasteiger partial charge in [0, 0.05) is 36.3 Å². The Hall–Kier alpha value is -2.50. The van der Waals surface area contributed by atoms with E-state index in [2.05, 4.69) is 10.5 Å². The van der Waals surface area contributed by atoms with Crippen LogP contribution in [0.2, 0.25) is 0 Å². The summed E-state index contributed by atoms with van der Waals surface area (Å²) in [6.07, 6.45) is -2.85. The Labute approximate surface area is 194 Å². The van der Waals surface area contributed by atoms with Crippen LogP contribution < -0.4 is 5.32 Å². The number of aliphatic hydroxyl groups is 2. The maximum absolute atomic E-state index is 14.3. The van der Waals surface area contributed by atoms with E-state index in [1.807, 2.05) is 18.7 Å². The number of rotatable bonds is 8. The van der Waals surface area contributed by atoms with Gasteiger partial charge in [-0.05, 0) is 51.7 Å². The molecule has 0 bridgehead atoms. The third-order valence-corrected chi connectivity index (χ3v) is 6.00. The van der Waals surface area contributed by atoms with Gasteiger partial charge in [-0.15, -0.1) is 0 Å². The first-order valence-corrected chi connectivity index (χ1v) is 11.2. The fourth-order valence-electron chi connectivity index (χ4n) is 4.15. The molecule has 0 spiro atoms. The fraction of sp³-hybridized carbons (Fsp3) is 0.565. The smallest absolute Gasteiger partial charge is 0.395 e. The minimum absolute atomic E-state index is 0.00726. The molecule has 1 saturated carbocycles. The van der Waals surface area contributed by atoms with Crippen molar-refractivity contribution in [3.8, 4) is 11.3 Å². The summed E-state index contributed by atoms with van der Waals surface area (Å²) in [7, 11) is 0. The second kappa shape index (κ2) is 10.8. The van der Waals surface area contributed by atoms with Crippen molar-refractivity contribution in [2.75, 3.05) is 13.2 Å². The van der Waals surface area contributed by atoms with E-state index >= 15 is 0 Å². The molecule has 34 heavy (non-hydrogen) atoms. The van der Waals surface area contributed by atoms with E-state index in [0.717, 1.165) is 12.5 Å². The molecular formula is C23H29F4N3O4. The summed E-state index contributed by atoms with van der Waals surface area (Å²) < 4.78 is 58.6. The van der Waals surface area contributed by atoms with Crippen LogP contribution in [0, 0.1) is 5.82 Å². The van der Waals surface area contributed by atoms with Crippen LogP contribution in [0.25, 0.3) is 11.3 Å². The summed E-state index contributed by atoms with van der Waals surface area (Å²) in [5.74, 6) is -2.04. The summed E-state index contributed by atoms with van der Waals surface area (Å²) in [4.78, 5) is 14.9. The lowest BCUT2D eigenvalue weighted by molar-refractivity contribution is -0.139. The molecule has 1 aromatic heterocycles. The summed E-state index contributed by atoms with van der Waals surface area (Å²) in [6.45, 7) is 3.96. The first-order valence-electron chi connectivity index (χ1n) is 11.2. The van der Waals surface area contributed by atoms with E-state index in [1.54, 1.807) is 0 Å². The Bertz CT molecular complexity index is 993. The molecule has 1 heterocycles. The van der Waals surface area contributed by atoms with Crippen LogP contribution in [0.5, 0.6) is 0 Å². The van der Waals surface area contributed by atoms with Gasteiger partial charge in [-0.1, -0.05) is 11.2 Å². The lowest BCUT2D eigenvalue weighted by atomic mass is 9.93. The topological polar surface area (TPSA) is 98.8 Å². The standard InChI is InChI=1S/C23H29F4N3O4/c1-13(2)30(8-9-31)12-17-20(22(33)28-15-4-3-5-16(32)11-15)29-34-21(17)14-6-7-18(19(24)10-14)23(25,26)27/h6-7,10,13,15-16,31-32H,3-5,8-9,11-12H2,1-2H3,(H,28,33)/t15-,16+/m0/s1. The maximum Gasteiger partial charge on any atom is 0.419 e. The Morgan fingerprint density at radius 1 is 1.32 bits per heavy atom. The lowest BCUT2D eigenvalue weighted by Gasteiger charge is -2.27. The molecule has 188 valence electrons. The normalized spacial score (nSPS) is 19.1. The van der Waals surface area contributed by atoms with Gasteiger partial charge in [0.2, 0.25) is 0 Å². The molecule has 0 unspecified atom stereocenters. The van der Waals surface area contributed by atoms with Gasteiger partial charge < -0.3 is 20.1 Å². The van der Waals surface area contributed by atoms with Crippen LogP contribution in [0.15, 0.2) is 22.7 Å². The van der Waals surface area contributed by atoms with Crippen LogP contribution in [0.1, 0.15) is 61.1 Å². The molecule has 11 heteroatoms. The minimum atomic E-state index is -4.85. The van der Waals surface area contributed by atoms with Gasteiger partial charge in [-0.25, -0.2) is 4.39 Å². The molecule has 3 rings (SSSR count). The third-order valence-electron chi connectivity index (χ3n) is 6.00. The number of nitrogens with one attached hydrogen (secondary N) is 1. The summed E-state index contributed by atoms with van der Waals surface area (Å²) in [6, 6.07) is 2.09. The number of carbonyl (C=O) groups is 1. The highest BCUT2D eigenvalue weighted by molar-refractivity contribution is 5.95. The predicted octanol–water partition coefficient (Wildman–Crippen LogP) is 3.74. The average molecular weight is 487 g/mol. The quantitative estimate of drug-likeness (QED) is 0.491. The third kappa shape index (κ3) is 6.13. The summed E-state index contributed by atoms with van der Waals surface area (Å²) >= 11 is 0. The number of hydrogen-bond donors (Lipinski definition) is 3. The van der Waals surface area contributed by atoms with Crippen molar-refractivity contribution in [2.45, 2.75) is 70.4 Å². The Balaban J connectivity index is 1.98. The zero-order chi connectivity index (χ0) is 25.0. The number of aromatic nitrogens is 1. The molecule has 1 aliphatic rings. The number of aliphatic hydroxyl groups excluding tert-OH is 2. The average Bonchev–Trinajstić information content (AvgIpc) is 3.16. The first kappa shape index (κ1) is 26.1. The van der Waals surface area contributed by atoms with E-state index in [4.69, 9.17) is 4.52 Å². The Kier molecular flexibility index (Phi) is 8.32. The molecule has 2 atom stereocenters. The molecule has 2 aromatic rings. The number of alkyl halides is 3. The number of halogens is 4. The zero-order valence-corrected chi connectivity index (χ0v) is 19.0. The molecule has 1 amide bonds. The highest BCUT2D eigenvalue weighted by atomic mass is 19.4. The van der Waals surface area contributed by atoms with Crippen molar-refractivity contribution in [2.24, 2.45) is 0 Å². The van der Waals surface area contributed by atoms with Gasteiger partial charge in [0.05, 0.1) is 18.3 Å². The van der Waals surface area contributed by atoms with Crippen LogP contribution in [0.4, 0.5) is 17.6 Å². The van der Waals surface area contributed by atoms with Gasteiger partial charge in [0.15, 0.2) is 11.5 Å². The van der Waals surface area contributed by atoms with Gasteiger partial charge in [0.25, 0.3) is 5.91 Å². The molecule has 0 radical (unpaired) electrons. The largest absolute Gasteiger partial charge is 0.419 e. The fourth-order valence-corrected chi connectivity index (χ4v) is 4.15. The van der Waals surface area contributed by atoms with E-state index in [-0.39, 0.29) is 54.4 Å². The van der Waals surface area contributed by atoms with E-state index < -0.39 is 29.6 Å². The summed E-state index contributed by atoms with van der Waals surface area (Å²) in [5, 5.41) is 26.0. The second-order valence-electron chi connectivity index (χ2n) is 8.81. The van der Waals surface area contributed by atoms with Crippen LogP contribution in [-0.4, -0.2) is 57.5 Å². The van der Waals surface area contributed by atoms with Crippen molar-refractivity contribution >= 4 is 5.91 Å². The maximum atomic E-state index is 14.3. The zero-order valence-electron chi connectivity index (χ0n) is 19.0. The Morgan fingerprint density at radius 2 is 2.06 bits per heavy atom. The minimum Gasteiger partial charge on any atom is -0.395 e. The molecule has 0 saturated heterocycles. The van der Waals surface area contributed by atoms with Crippen molar-refractivity contribution in [3.63, 3.8) is 0 Å². The molecule has 0 aliphatic heterocycles. The first-order chi connectivity index (χ1) is 16.0. The van der Waals surface area contributed by atoms with Crippen molar-refractivity contribution in [3.05, 3.63) is 40.8 Å². The van der Waals surface area contributed by atoms with Crippen molar-refractivity contribution in [1.82, 2.24) is 15.4 Å². The summed E-state index contributed by atoms with van der Waals surface area (Å²) in [5.41, 5.74) is -1.20. The number of amides is 1. The highest BCUT2D eigenvalue weighted by Crippen LogP contribution is 2.35. The number of carbonyl (C=O) groups excluding carboxylic acids is 1. The van der Waals surface area contributed by atoms with Gasteiger partial charge >= 0.3 is 6.18 Å². The number of benzene rings is 1. The lowest BCUT2D eigenvalue weighted by Crippen LogP contribution is -2.40. The molecule has 3 N–H and O–H groups in total. The molecule has 1 fully saturated rings. The monoisotopic (exact) mass is 487 g/mol. The van der Waals surface area contributed by atoms with Crippen molar-refractivity contribution in [1.29, 1.82) is 0 Å². The highest BCUT2D eigenvalue weighted by Gasteiger charge is 2.35. The van der Waals surface area contributed by atoms with Crippen LogP contribution in [0.3, 0.4) is 0 Å². The van der Waals surface area contributed by atoms with Gasteiger partial charge in [-0.2, -0.15) is 13.2 Å². The molecule has 1 aliphatic carbocycles. The van der Waals surface area contributed by atoms with Crippen LogP contribution >= 0.6 is 0 Å². The molecule has 7 nitrogen and oxygen atoms in total. The van der Waals surface area contributed by atoms with Gasteiger partial charge in [0.1, 0.15) is 5.82 Å². The van der Waals surface area contributed by atoms with Gasteiger partial charge in [-0.3, -0.25) is 9.69 Å². The second-order valence-corrected chi connectivity index (χ2v) is 8.81. The molecule has 1 aromatic carbocycles. The van der Waals surface area contributed by atoms with E-state index in [1.165, 1.54) is 0 Å². The predicted molar refractivity (Wildman–Crippen MR) is 115 cm³/mol. The number of nitrogens with zero attached hydrogens (tertiary/aromatic N) is 2. The van der Waals surface area contributed by atoms with Crippen LogP contribution in [-0.2, 0) is 12.7 Å². The van der Waals surface area contributed by atoms with E-state index in [0.29, 0.717) is 31.4 Å². The Morgan fingerprint density at radius 3 is 2.65 bits per heavy atom.